The van der Waals surface area contributed by atoms with Gasteiger partial charge in [0, 0.05) is 18.2 Å². The van der Waals surface area contributed by atoms with Crippen LogP contribution in [0.4, 0.5) is 11.6 Å². The van der Waals surface area contributed by atoms with E-state index in [2.05, 4.69) is 28.7 Å². The molecule has 16 heavy (non-hydrogen) atoms. The molecule has 0 aliphatic carbocycles. The summed E-state index contributed by atoms with van der Waals surface area (Å²) in [6.45, 7) is 9.49. The lowest BCUT2D eigenvalue weighted by atomic mass is 10.1. The van der Waals surface area contributed by atoms with Gasteiger partial charge in [0.2, 0.25) is 0 Å². The van der Waals surface area contributed by atoms with E-state index < -0.39 is 0 Å². The molecular weight excluding hydrogens is 200 g/mol. The van der Waals surface area contributed by atoms with Crippen LogP contribution < -0.4 is 10.6 Å². The Morgan fingerprint density at radius 2 is 1.94 bits per heavy atom. The van der Waals surface area contributed by atoms with E-state index in [9.17, 15) is 0 Å². The molecule has 2 atom stereocenters. The maximum absolute atomic E-state index is 5.89. The first-order valence-corrected chi connectivity index (χ1v) is 5.86. The maximum Gasteiger partial charge on any atom is 0.137 e. The average molecular weight is 220 g/mol. The van der Waals surface area contributed by atoms with E-state index in [-0.39, 0.29) is 0 Å². The predicted octanol–water partition coefficient (Wildman–Crippen LogP) is 1.91. The van der Waals surface area contributed by atoms with Crippen molar-refractivity contribution in [2.45, 2.75) is 40.2 Å². The summed E-state index contributed by atoms with van der Waals surface area (Å²) in [7, 11) is 0. The van der Waals surface area contributed by atoms with E-state index in [1.165, 1.54) is 6.42 Å². The van der Waals surface area contributed by atoms with Crippen LogP contribution in [0, 0.1) is 19.8 Å². The summed E-state index contributed by atoms with van der Waals surface area (Å²) in [6, 6.07) is 0.544. The van der Waals surface area contributed by atoms with Crippen LogP contribution in [-0.2, 0) is 0 Å². The van der Waals surface area contributed by atoms with Crippen molar-refractivity contribution in [3.05, 3.63) is 11.4 Å². The molecule has 0 radical (unpaired) electrons. The Kier molecular flexibility index (Phi) is 2.74. The molecular formula is C12H20N4. The Morgan fingerprint density at radius 3 is 2.50 bits per heavy atom. The third-order valence-corrected chi connectivity index (χ3v) is 3.33. The smallest absolute Gasteiger partial charge is 0.137 e. The van der Waals surface area contributed by atoms with Gasteiger partial charge in [-0.1, -0.05) is 6.92 Å². The van der Waals surface area contributed by atoms with E-state index in [4.69, 9.17) is 5.73 Å². The van der Waals surface area contributed by atoms with E-state index in [0.717, 1.165) is 29.7 Å². The van der Waals surface area contributed by atoms with Crippen molar-refractivity contribution < 1.29 is 0 Å². The molecule has 1 aliphatic rings. The molecule has 2 rings (SSSR count). The van der Waals surface area contributed by atoms with E-state index in [1.807, 2.05) is 13.8 Å². The number of nitrogens with two attached hydrogens (primary N) is 1. The molecule has 0 bridgehead atoms. The first-order valence-electron chi connectivity index (χ1n) is 5.86. The van der Waals surface area contributed by atoms with Gasteiger partial charge in [0.15, 0.2) is 0 Å². The van der Waals surface area contributed by atoms with Gasteiger partial charge >= 0.3 is 0 Å². The second kappa shape index (κ2) is 3.92. The van der Waals surface area contributed by atoms with Gasteiger partial charge in [0.1, 0.15) is 17.5 Å². The molecule has 0 aromatic carbocycles. The fourth-order valence-electron chi connectivity index (χ4n) is 2.51. The van der Waals surface area contributed by atoms with E-state index in [0.29, 0.717) is 11.9 Å². The Labute approximate surface area is 96.9 Å². The summed E-state index contributed by atoms with van der Waals surface area (Å²) in [5.74, 6) is 3.10. The molecule has 0 saturated carbocycles. The zero-order chi connectivity index (χ0) is 11.9. The minimum absolute atomic E-state index is 0.544. The van der Waals surface area contributed by atoms with Crippen LogP contribution in [0.5, 0.6) is 0 Å². The predicted molar refractivity (Wildman–Crippen MR) is 66.5 cm³/mol. The number of hydrogen-bond donors (Lipinski definition) is 1. The zero-order valence-corrected chi connectivity index (χ0v) is 10.5. The highest BCUT2D eigenvalue weighted by atomic mass is 15.2. The SMILES string of the molecule is Cc1nc(N)c(C)c(N2CC(C)CC2C)n1. The summed E-state index contributed by atoms with van der Waals surface area (Å²) < 4.78 is 0. The van der Waals surface area contributed by atoms with Crippen LogP contribution >= 0.6 is 0 Å². The first kappa shape index (κ1) is 11.2. The van der Waals surface area contributed by atoms with Crippen molar-refractivity contribution in [2.75, 3.05) is 17.2 Å². The zero-order valence-electron chi connectivity index (χ0n) is 10.5. The summed E-state index contributed by atoms with van der Waals surface area (Å²) in [4.78, 5) is 11.1. The van der Waals surface area contributed by atoms with Crippen LogP contribution in [0.1, 0.15) is 31.7 Å². The highest BCUT2D eigenvalue weighted by molar-refractivity contribution is 5.57. The van der Waals surface area contributed by atoms with Gasteiger partial charge in [-0.05, 0) is 33.1 Å². The molecule has 4 heteroatoms. The van der Waals surface area contributed by atoms with Crippen molar-refractivity contribution >= 4 is 11.6 Å². The minimum atomic E-state index is 0.544. The molecule has 2 heterocycles. The number of rotatable bonds is 1. The largest absolute Gasteiger partial charge is 0.383 e. The normalized spacial score (nSPS) is 25.1. The Bertz CT molecular complexity index is 402. The van der Waals surface area contributed by atoms with Gasteiger partial charge < -0.3 is 10.6 Å². The molecule has 2 N–H and O–H groups in total. The Hall–Kier alpha value is -1.32. The monoisotopic (exact) mass is 220 g/mol. The van der Waals surface area contributed by atoms with Crippen molar-refractivity contribution in [3.63, 3.8) is 0 Å². The second-order valence-electron chi connectivity index (χ2n) is 4.95. The second-order valence-corrected chi connectivity index (χ2v) is 4.95. The number of hydrogen-bond acceptors (Lipinski definition) is 4. The minimum Gasteiger partial charge on any atom is -0.383 e. The topological polar surface area (TPSA) is 55.0 Å². The molecule has 1 fully saturated rings. The molecule has 1 saturated heterocycles. The van der Waals surface area contributed by atoms with Gasteiger partial charge in [-0.25, -0.2) is 9.97 Å². The quantitative estimate of drug-likeness (QED) is 0.785. The van der Waals surface area contributed by atoms with E-state index >= 15 is 0 Å². The lowest BCUT2D eigenvalue weighted by Crippen LogP contribution is -2.29. The van der Waals surface area contributed by atoms with Crippen molar-refractivity contribution in [2.24, 2.45) is 5.92 Å². The summed E-state index contributed by atoms with van der Waals surface area (Å²) in [6.07, 6.45) is 1.22. The molecule has 88 valence electrons. The van der Waals surface area contributed by atoms with Crippen LogP contribution in [-0.4, -0.2) is 22.6 Å². The number of aromatic nitrogens is 2. The van der Waals surface area contributed by atoms with Crippen molar-refractivity contribution in [1.82, 2.24) is 9.97 Å². The molecule has 2 unspecified atom stereocenters. The lowest BCUT2D eigenvalue weighted by Gasteiger charge is -2.25. The third kappa shape index (κ3) is 1.84. The van der Waals surface area contributed by atoms with Gasteiger partial charge in [0.25, 0.3) is 0 Å². The number of nitrogen functional groups attached to an aromatic ring is 1. The van der Waals surface area contributed by atoms with Gasteiger partial charge in [0.05, 0.1) is 0 Å². The fraction of sp³-hybridized carbons (Fsp3) is 0.667. The number of nitrogens with zero attached hydrogens (tertiary/aromatic N) is 3. The molecule has 0 spiro atoms. The standard InChI is InChI=1S/C12H20N4/c1-7-5-8(2)16(6-7)12-9(3)11(13)14-10(4)15-12/h7-8H,5-6H2,1-4H3,(H2,13,14,15). The van der Waals surface area contributed by atoms with Gasteiger partial charge in [-0.15, -0.1) is 0 Å². The maximum atomic E-state index is 5.89. The van der Waals surface area contributed by atoms with Crippen LogP contribution in [0.25, 0.3) is 0 Å². The number of aryl methyl sites for hydroxylation is 1. The lowest BCUT2D eigenvalue weighted by molar-refractivity contribution is 0.625. The Balaban J connectivity index is 2.40. The molecule has 1 aromatic rings. The molecule has 1 aromatic heterocycles. The molecule has 0 amide bonds. The summed E-state index contributed by atoms with van der Waals surface area (Å²) >= 11 is 0. The highest BCUT2D eigenvalue weighted by Crippen LogP contribution is 2.30. The summed E-state index contributed by atoms with van der Waals surface area (Å²) in [5, 5.41) is 0. The van der Waals surface area contributed by atoms with Crippen molar-refractivity contribution in [3.8, 4) is 0 Å². The summed E-state index contributed by atoms with van der Waals surface area (Å²) in [5.41, 5.74) is 6.90. The average Bonchev–Trinajstić information content (AvgIpc) is 2.51. The first-order chi connectivity index (χ1) is 7.49. The molecule has 4 nitrogen and oxygen atoms in total. The molecule has 1 aliphatic heterocycles. The number of anilines is 2. The van der Waals surface area contributed by atoms with Gasteiger partial charge in [-0.2, -0.15) is 0 Å². The van der Waals surface area contributed by atoms with Crippen molar-refractivity contribution in [1.29, 1.82) is 0 Å². The van der Waals surface area contributed by atoms with E-state index in [1.54, 1.807) is 0 Å². The van der Waals surface area contributed by atoms with Crippen LogP contribution in [0.3, 0.4) is 0 Å². The van der Waals surface area contributed by atoms with Crippen LogP contribution in [0.15, 0.2) is 0 Å². The third-order valence-electron chi connectivity index (χ3n) is 3.33. The van der Waals surface area contributed by atoms with Crippen LogP contribution in [0.2, 0.25) is 0 Å². The fourth-order valence-corrected chi connectivity index (χ4v) is 2.51. The van der Waals surface area contributed by atoms with Gasteiger partial charge in [-0.3, -0.25) is 0 Å². The highest BCUT2D eigenvalue weighted by Gasteiger charge is 2.28. The Morgan fingerprint density at radius 1 is 1.25 bits per heavy atom.